The van der Waals surface area contributed by atoms with E-state index in [0.29, 0.717) is 19.4 Å². The molecule has 0 aliphatic heterocycles. The fourth-order valence-corrected chi connectivity index (χ4v) is 7.58. The van der Waals surface area contributed by atoms with Crippen molar-refractivity contribution in [2.45, 2.75) is 276 Å². The maximum Gasteiger partial charge on any atom is 0.305 e. The molecule has 0 rings (SSSR count). The molecule has 0 saturated heterocycles. The Balaban J connectivity index is 3.57. The van der Waals surface area contributed by atoms with E-state index in [9.17, 15) is 19.8 Å². The third-order valence-electron chi connectivity index (χ3n) is 11.5. The van der Waals surface area contributed by atoms with E-state index in [1.54, 1.807) is 6.08 Å². The zero-order valence-electron chi connectivity index (χ0n) is 38.1. The number of unbranched alkanes of at least 4 members (excludes halogenated alkanes) is 33. The standard InChI is InChI=1S/C51H97NO5/c1-3-5-7-9-11-13-15-17-19-21-22-24-27-31-35-39-43-49(54)48(47-53)52-50(55)44-40-36-32-28-26-30-34-38-42-46-57-51(56)45-41-37-33-29-25-23-20-18-16-14-12-10-8-6-4-2/h28,32,39,43,48-49,53-54H,3-27,29-31,33-38,40-42,44-47H2,1-2H3,(H,52,55)/b32-28-,43-39+. The van der Waals surface area contributed by atoms with Crippen LogP contribution in [0.15, 0.2) is 24.3 Å². The number of esters is 1. The van der Waals surface area contributed by atoms with Crippen molar-refractivity contribution < 1.29 is 24.5 Å². The molecular weight excluding hydrogens is 707 g/mol. The van der Waals surface area contributed by atoms with Crippen LogP contribution in [-0.4, -0.2) is 47.4 Å². The average Bonchev–Trinajstić information content (AvgIpc) is 3.21. The molecule has 2 atom stereocenters. The van der Waals surface area contributed by atoms with Crippen LogP contribution in [0.3, 0.4) is 0 Å². The summed E-state index contributed by atoms with van der Waals surface area (Å²) in [6.07, 6.45) is 54.7. The molecule has 6 nitrogen and oxygen atoms in total. The molecule has 0 saturated carbocycles. The van der Waals surface area contributed by atoms with Crippen LogP contribution in [-0.2, 0) is 14.3 Å². The topological polar surface area (TPSA) is 95.9 Å². The zero-order chi connectivity index (χ0) is 41.5. The highest BCUT2D eigenvalue weighted by Gasteiger charge is 2.17. The fourth-order valence-electron chi connectivity index (χ4n) is 7.58. The summed E-state index contributed by atoms with van der Waals surface area (Å²) >= 11 is 0. The second-order valence-corrected chi connectivity index (χ2v) is 17.1. The molecule has 0 aliphatic carbocycles. The average molecular weight is 804 g/mol. The first kappa shape index (κ1) is 55.3. The van der Waals surface area contributed by atoms with Gasteiger partial charge < -0.3 is 20.3 Å². The summed E-state index contributed by atoms with van der Waals surface area (Å²) in [5, 5.41) is 23.0. The van der Waals surface area contributed by atoms with E-state index in [4.69, 9.17) is 4.74 Å². The zero-order valence-corrected chi connectivity index (χ0v) is 38.1. The number of aliphatic hydroxyl groups is 2. The number of aliphatic hydroxyl groups excluding tert-OH is 2. The van der Waals surface area contributed by atoms with Crippen molar-refractivity contribution in [1.82, 2.24) is 5.32 Å². The Morgan fingerprint density at radius 3 is 1.28 bits per heavy atom. The van der Waals surface area contributed by atoms with E-state index in [-0.39, 0.29) is 18.5 Å². The van der Waals surface area contributed by atoms with Crippen LogP contribution in [0.1, 0.15) is 264 Å². The Hall–Kier alpha value is -1.66. The van der Waals surface area contributed by atoms with Gasteiger partial charge in [0.25, 0.3) is 0 Å². The number of rotatable bonds is 46. The van der Waals surface area contributed by atoms with Gasteiger partial charge in [-0.05, 0) is 51.4 Å². The Morgan fingerprint density at radius 1 is 0.474 bits per heavy atom. The van der Waals surface area contributed by atoms with Crippen LogP contribution in [0, 0.1) is 0 Å². The number of carbonyl (C=O) groups is 2. The normalized spacial score (nSPS) is 12.8. The number of hydrogen-bond acceptors (Lipinski definition) is 5. The smallest absolute Gasteiger partial charge is 0.305 e. The van der Waals surface area contributed by atoms with Gasteiger partial charge in [0, 0.05) is 12.8 Å². The number of allylic oxidation sites excluding steroid dienone is 3. The maximum atomic E-state index is 12.4. The van der Waals surface area contributed by atoms with Gasteiger partial charge in [-0.1, -0.05) is 224 Å². The highest BCUT2D eigenvalue weighted by Crippen LogP contribution is 2.16. The quantitative estimate of drug-likeness (QED) is 0.0324. The molecule has 2 unspecified atom stereocenters. The lowest BCUT2D eigenvalue weighted by atomic mass is 10.0. The molecule has 0 bridgehead atoms. The summed E-state index contributed by atoms with van der Waals surface area (Å²) in [7, 11) is 0. The van der Waals surface area contributed by atoms with E-state index in [0.717, 1.165) is 70.6 Å². The second-order valence-electron chi connectivity index (χ2n) is 17.1. The lowest BCUT2D eigenvalue weighted by molar-refractivity contribution is -0.143. The van der Waals surface area contributed by atoms with E-state index in [1.807, 2.05) is 6.08 Å². The van der Waals surface area contributed by atoms with Crippen molar-refractivity contribution >= 4 is 11.9 Å². The van der Waals surface area contributed by atoms with E-state index < -0.39 is 12.1 Å². The lowest BCUT2D eigenvalue weighted by Crippen LogP contribution is -2.45. The van der Waals surface area contributed by atoms with Crippen molar-refractivity contribution in [3.05, 3.63) is 24.3 Å². The number of carbonyl (C=O) groups excluding carboxylic acids is 2. The molecule has 336 valence electrons. The van der Waals surface area contributed by atoms with Crippen molar-refractivity contribution in [2.24, 2.45) is 0 Å². The number of amides is 1. The fraction of sp³-hybridized carbons (Fsp3) is 0.882. The minimum atomic E-state index is -0.874. The van der Waals surface area contributed by atoms with Crippen molar-refractivity contribution in [3.63, 3.8) is 0 Å². The monoisotopic (exact) mass is 804 g/mol. The first-order valence-electron chi connectivity index (χ1n) is 25.1. The SMILES string of the molecule is CCCCCCCCCCCCCCCC/C=C/C(O)C(CO)NC(=O)CCC/C=C\CCCCCCOC(=O)CCCCCCCCCCCCCCCCC. The van der Waals surface area contributed by atoms with Crippen LogP contribution < -0.4 is 5.32 Å². The molecule has 57 heavy (non-hydrogen) atoms. The Bertz CT molecular complexity index is 889. The van der Waals surface area contributed by atoms with E-state index in [1.165, 1.54) is 167 Å². The molecule has 0 aliphatic rings. The Kier molecular flexibility index (Phi) is 45.7. The Morgan fingerprint density at radius 2 is 0.842 bits per heavy atom. The van der Waals surface area contributed by atoms with Crippen LogP contribution in [0.25, 0.3) is 0 Å². The van der Waals surface area contributed by atoms with E-state index in [2.05, 4.69) is 31.3 Å². The summed E-state index contributed by atoms with van der Waals surface area (Å²) < 4.78 is 5.44. The molecular formula is C51H97NO5. The minimum absolute atomic E-state index is 0.0354. The summed E-state index contributed by atoms with van der Waals surface area (Å²) in [5.74, 6) is -0.163. The number of hydrogen-bond donors (Lipinski definition) is 3. The summed E-state index contributed by atoms with van der Waals surface area (Å²) in [5.41, 5.74) is 0. The number of nitrogens with one attached hydrogen (secondary N) is 1. The van der Waals surface area contributed by atoms with Gasteiger partial charge >= 0.3 is 5.97 Å². The van der Waals surface area contributed by atoms with Crippen LogP contribution in [0.5, 0.6) is 0 Å². The third-order valence-corrected chi connectivity index (χ3v) is 11.5. The van der Waals surface area contributed by atoms with Gasteiger partial charge in [0.05, 0.1) is 25.4 Å². The highest BCUT2D eigenvalue weighted by molar-refractivity contribution is 5.76. The van der Waals surface area contributed by atoms with Crippen molar-refractivity contribution in [2.75, 3.05) is 13.2 Å². The molecule has 0 aromatic carbocycles. The van der Waals surface area contributed by atoms with Crippen molar-refractivity contribution in [3.8, 4) is 0 Å². The summed E-state index contributed by atoms with van der Waals surface area (Å²) in [6, 6.07) is -0.664. The van der Waals surface area contributed by atoms with Gasteiger partial charge in [0.15, 0.2) is 0 Å². The predicted octanol–water partition coefficient (Wildman–Crippen LogP) is 14.7. The molecule has 0 aromatic heterocycles. The number of ether oxygens (including phenoxy) is 1. The van der Waals surface area contributed by atoms with Gasteiger partial charge in [0.1, 0.15) is 0 Å². The van der Waals surface area contributed by atoms with Gasteiger partial charge in [0.2, 0.25) is 5.91 Å². The van der Waals surface area contributed by atoms with Crippen LogP contribution in [0.2, 0.25) is 0 Å². The predicted molar refractivity (Wildman–Crippen MR) is 246 cm³/mol. The Labute approximate surface area is 354 Å². The largest absolute Gasteiger partial charge is 0.466 e. The summed E-state index contributed by atoms with van der Waals surface area (Å²) in [6.45, 7) is 4.81. The molecule has 0 fully saturated rings. The summed E-state index contributed by atoms with van der Waals surface area (Å²) in [4.78, 5) is 24.4. The second kappa shape index (κ2) is 47.0. The van der Waals surface area contributed by atoms with Crippen LogP contribution >= 0.6 is 0 Å². The molecule has 1 amide bonds. The van der Waals surface area contributed by atoms with Gasteiger partial charge in [-0.3, -0.25) is 9.59 Å². The maximum absolute atomic E-state index is 12.4. The third kappa shape index (κ3) is 43.7. The molecule has 6 heteroatoms. The van der Waals surface area contributed by atoms with E-state index >= 15 is 0 Å². The molecule has 0 radical (unpaired) electrons. The molecule has 3 N–H and O–H groups in total. The minimum Gasteiger partial charge on any atom is -0.466 e. The van der Waals surface area contributed by atoms with Gasteiger partial charge in [-0.15, -0.1) is 0 Å². The highest BCUT2D eigenvalue weighted by atomic mass is 16.5. The van der Waals surface area contributed by atoms with Gasteiger partial charge in [-0.25, -0.2) is 0 Å². The molecule has 0 heterocycles. The molecule has 0 spiro atoms. The first-order chi connectivity index (χ1) is 28.0. The lowest BCUT2D eigenvalue weighted by Gasteiger charge is -2.19. The first-order valence-corrected chi connectivity index (χ1v) is 25.1. The van der Waals surface area contributed by atoms with Gasteiger partial charge in [-0.2, -0.15) is 0 Å². The van der Waals surface area contributed by atoms with Crippen LogP contribution in [0.4, 0.5) is 0 Å². The molecule has 0 aromatic rings. The van der Waals surface area contributed by atoms with Crippen molar-refractivity contribution in [1.29, 1.82) is 0 Å².